The summed E-state index contributed by atoms with van der Waals surface area (Å²) < 4.78 is 11.8. The van der Waals surface area contributed by atoms with Crippen LogP contribution in [0.3, 0.4) is 0 Å². The molecule has 1 aromatic heterocycles. The maximum atomic E-state index is 11.8. The Hall–Kier alpha value is -0.700. The van der Waals surface area contributed by atoms with E-state index in [4.69, 9.17) is 0 Å². The summed E-state index contributed by atoms with van der Waals surface area (Å²) in [6.45, 7) is 2.04. The second kappa shape index (κ2) is 4.36. The third-order valence-electron chi connectivity index (χ3n) is 1.59. The Morgan fingerprint density at radius 3 is 2.83 bits per heavy atom. The van der Waals surface area contributed by atoms with Crippen LogP contribution in [0.25, 0.3) is 0 Å². The molecule has 0 saturated carbocycles. The SMILES string of the molecule is Cc1ccc(CCCC(=O)F)s1. The van der Waals surface area contributed by atoms with E-state index in [1.54, 1.807) is 11.3 Å². The predicted molar refractivity (Wildman–Crippen MR) is 48.1 cm³/mol. The summed E-state index contributed by atoms with van der Waals surface area (Å²) in [6, 6.07) is 2.86. The van der Waals surface area contributed by atoms with E-state index in [9.17, 15) is 9.18 Å². The number of halogens is 1. The normalized spacial score (nSPS) is 10.2. The highest BCUT2D eigenvalue weighted by Gasteiger charge is 2.00. The van der Waals surface area contributed by atoms with Gasteiger partial charge in [0.15, 0.2) is 0 Å². The molecule has 0 amide bonds. The summed E-state index contributed by atoms with van der Waals surface area (Å²) in [5, 5.41) is 0. The molecule has 0 radical (unpaired) electrons. The maximum Gasteiger partial charge on any atom is 0.301 e. The zero-order valence-corrected chi connectivity index (χ0v) is 7.79. The summed E-state index contributed by atoms with van der Waals surface area (Å²) in [4.78, 5) is 12.5. The topological polar surface area (TPSA) is 17.1 Å². The first-order valence-electron chi connectivity index (χ1n) is 3.92. The molecule has 0 bridgehead atoms. The molecule has 0 aromatic carbocycles. The van der Waals surface area contributed by atoms with Gasteiger partial charge in [0.25, 0.3) is 0 Å². The van der Waals surface area contributed by atoms with Crippen LogP contribution in [0.15, 0.2) is 12.1 Å². The lowest BCUT2D eigenvalue weighted by atomic mass is 10.2. The minimum Gasteiger partial charge on any atom is -0.261 e. The molecule has 1 nitrogen and oxygen atoms in total. The van der Waals surface area contributed by atoms with Crippen molar-refractivity contribution in [2.45, 2.75) is 26.2 Å². The van der Waals surface area contributed by atoms with E-state index in [1.807, 2.05) is 19.1 Å². The van der Waals surface area contributed by atoms with Crippen molar-refractivity contribution in [2.75, 3.05) is 0 Å². The van der Waals surface area contributed by atoms with Crippen molar-refractivity contribution < 1.29 is 9.18 Å². The molecule has 0 spiro atoms. The lowest BCUT2D eigenvalue weighted by Gasteiger charge is -1.92. The molecule has 1 aromatic rings. The Balaban J connectivity index is 2.29. The molecule has 1 rings (SSSR count). The third-order valence-corrected chi connectivity index (χ3v) is 2.65. The third kappa shape index (κ3) is 3.13. The minimum absolute atomic E-state index is 0.0525. The predicted octanol–water partition coefficient (Wildman–Crippen LogP) is 2.88. The summed E-state index contributed by atoms with van der Waals surface area (Å²) >= 11 is 1.71. The number of carbonyl (C=O) groups excluding carboxylic acids is 1. The number of hydrogen-bond acceptors (Lipinski definition) is 2. The van der Waals surface area contributed by atoms with Gasteiger partial charge in [-0.2, -0.15) is 4.39 Å². The van der Waals surface area contributed by atoms with Crippen molar-refractivity contribution in [3.05, 3.63) is 21.9 Å². The minimum atomic E-state index is -1.21. The highest BCUT2D eigenvalue weighted by Crippen LogP contribution is 2.17. The molecule has 66 valence electrons. The van der Waals surface area contributed by atoms with Gasteiger partial charge in [-0.3, -0.25) is 4.79 Å². The Morgan fingerprint density at radius 1 is 1.58 bits per heavy atom. The number of thiophene rings is 1. The van der Waals surface area contributed by atoms with E-state index in [0.717, 1.165) is 6.42 Å². The Labute approximate surface area is 75.2 Å². The fourth-order valence-electron chi connectivity index (χ4n) is 1.02. The molecule has 0 N–H and O–H groups in total. The van der Waals surface area contributed by atoms with Crippen LogP contribution in [-0.2, 0) is 11.2 Å². The Bertz CT molecular complexity index is 267. The fourth-order valence-corrected chi connectivity index (χ4v) is 1.95. The Kier molecular flexibility index (Phi) is 3.41. The number of aryl methyl sites for hydroxylation is 2. The van der Waals surface area contributed by atoms with E-state index in [2.05, 4.69) is 0 Å². The van der Waals surface area contributed by atoms with Gasteiger partial charge in [0.1, 0.15) is 0 Å². The van der Waals surface area contributed by atoms with Crippen molar-refractivity contribution in [3.63, 3.8) is 0 Å². The number of hydrogen-bond donors (Lipinski definition) is 0. The molecule has 1 heterocycles. The van der Waals surface area contributed by atoms with E-state index in [0.29, 0.717) is 6.42 Å². The number of rotatable bonds is 4. The van der Waals surface area contributed by atoms with Crippen LogP contribution < -0.4 is 0 Å². The van der Waals surface area contributed by atoms with Gasteiger partial charge in [0.05, 0.1) is 0 Å². The average molecular weight is 186 g/mol. The van der Waals surface area contributed by atoms with E-state index in [1.165, 1.54) is 9.75 Å². The van der Waals surface area contributed by atoms with Crippen LogP contribution in [-0.4, -0.2) is 6.04 Å². The van der Waals surface area contributed by atoms with Gasteiger partial charge in [-0.05, 0) is 31.9 Å². The van der Waals surface area contributed by atoms with Crippen molar-refractivity contribution >= 4 is 17.4 Å². The molecule has 3 heteroatoms. The van der Waals surface area contributed by atoms with Crippen molar-refractivity contribution in [3.8, 4) is 0 Å². The molecule has 0 aliphatic heterocycles. The van der Waals surface area contributed by atoms with Gasteiger partial charge in [-0.1, -0.05) is 0 Å². The molecular weight excluding hydrogens is 175 g/mol. The first-order valence-corrected chi connectivity index (χ1v) is 4.74. The molecule has 0 aliphatic carbocycles. The smallest absolute Gasteiger partial charge is 0.261 e. The lowest BCUT2D eigenvalue weighted by molar-refractivity contribution is -0.129. The summed E-state index contributed by atoms with van der Waals surface area (Å²) in [7, 11) is 0. The molecule has 0 unspecified atom stereocenters. The van der Waals surface area contributed by atoms with Crippen LogP contribution in [0.4, 0.5) is 4.39 Å². The highest BCUT2D eigenvalue weighted by atomic mass is 32.1. The molecular formula is C9H11FOS. The molecule has 0 fully saturated rings. The first kappa shape index (κ1) is 9.39. The van der Waals surface area contributed by atoms with E-state index < -0.39 is 6.04 Å². The van der Waals surface area contributed by atoms with E-state index >= 15 is 0 Å². The van der Waals surface area contributed by atoms with Gasteiger partial charge >= 0.3 is 6.04 Å². The molecule has 12 heavy (non-hydrogen) atoms. The zero-order valence-electron chi connectivity index (χ0n) is 6.97. The molecule has 0 atom stereocenters. The van der Waals surface area contributed by atoms with Crippen LogP contribution in [0.5, 0.6) is 0 Å². The van der Waals surface area contributed by atoms with Gasteiger partial charge in [0, 0.05) is 16.2 Å². The molecule has 0 aliphatic rings. The van der Waals surface area contributed by atoms with Crippen molar-refractivity contribution in [2.24, 2.45) is 0 Å². The number of carbonyl (C=O) groups is 1. The van der Waals surface area contributed by atoms with Crippen molar-refractivity contribution in [1.29, 1.82) is 0 Å². The van der Waals surface area contributed by atoms with Crippen LogP contribution in [0.2, 0.25) is 0 Å². The standard InChI is InChI=1S/C9H11FOS/c1-7-5-6-8(12-7)3-2-4-9(10)11/h5-6H,2-4H2,1H3. The fraction of sp³-hybridized carbons (Fsp3) is 0.444. The second-order valence-electron chi connectivity index (χ2n) is 2.72. The summed E-state index contributed by atoms with van der Waals surface area (Å²) in [6.07, 6.45) is 1.49. The van der Waals surface area contributed by atoms with Crippen LogP contribution in [0.1, 0.15) is 22.6 Å². The van der Waals surface area contributed by atoms with E-state index in [-0.39, 0.29) is 6.42 Å². The van der Waals surface area contributed by atoms with Gasteiger partial charge in [-0.25, -0.2) is 0 Å². The maximum absolute atomic E-state index is 11.8. The largest absolute Gasteiger partial charge is 0.301 e. The first-order chi connectivity index (χ1) is 5.68. The summed E-state index contributed by atoms with van der Waals surface area (Å²) in [5.74, 6) is 0. The zero-order chi connectivity index (χ0) is 8.97. The quantitative estimate of drug-likeness (QED) is 0.661. The highest BCUT2D eigenvalue weighted by molar-refractivity contribution is 7.11. The van der Waals surface area contributed by atoms with Crippen molar-refractivity contribution in [1.82, 2.24) is 0 Å². The van der Waals surface area contributed by atoms with Gasteiger partial charge in [-0.15, -0.1) is 11.3 Å². The van der Waals surface area contributed by atoms with Crippen LogP contribution >= 0.6 is 11.3 Å². The summed E-state index contributed by atoms with van der Waals surface area (Å²) in [5.41, 5.74) is 0. The van der Waals surface area contributed by atoms with Gasteiger partial charge < -0.3 is 0 Å². The van der Waals surface area contributed by atoms with Crippen LogP contribution in [0, 0.1) is 6.92 Å². The van der Waals surface area contributed by atoms with Gasteiger partial charge in [0.2, 0.25) is 0 Å². The average Bonchev–Trinajstić information content (AvgIpc) is 2.35. The molecule has 0 saturated heterocycles. The second-order valence-corrected chi connectivity index (χ2v) is 4.09. The Morgan fingerprint density at radius 2 is 2.33 bits per heavy atom. The monoisotopic (exact) mass is 186 g/mol. The lowest BCUT2D eigenvalue weighted by Crippen LogP contribution is -1.88.